The lowest BCUT2D eigenvalue weighted by molar-refractivity contribution is 1.29. The van der Waals surface area contributed by atoms with Gasteiger partial charge < -0.3 is 0 Å². The van der Waals surface area contributed by atoms with Gasteiger partial charge in [0, 0.05) is 3.57 Å². The molecule has 1 aromatic heterocycles. The predicted octanol–water partition coefficient (Wildman–Crippen LogP) is 2.80. The van der Waals surface area contributed by atoms with Crippen LogP contribution in [0.1, 0.15) is 0 Å². The molecule has 0 N–H and O–H groups in total. The second kappa shape index (κ2) is 2.75. The Morgan fingerprint density at radius 2 is 2.27 bits per heavy atom. The molecular formula is C7H4BrIN2. The maximum Gasteiger partial charge on any atom is 0.106 e. The summed E-state index contributed by atoms with van der Waals surface area (Å²) in [6.45, 7) is 0. The largest absolute Gasteiger partial charge is 0.265 e. The molecule has 2 nitrogen and oxygen atoms in total. The summed E-state index contributed by atoms with van der Waals surface area (Å²) in [6, 6.07) is 6.15. The van der Waals surface area contributed by atoms with Crippen LogP contribution in [0.3, 0.4) is 0 Å². The summed E-state index contributed by atoms with van der Waals surface area (Å²) in [6.07, 6.45) is 1.75. The molecule has 4 heteroatoms. The van der Waals surface area contributed by atoms with Crippen molar-refractivity contribution in [3.8, 4) is 0 Å². The summed E-state index contributed by atoms with van der Waals surface area (Å²) in [7, 11) is 0. The number of halogens is 2. The lowest BCUT2D eigenvalue weighted by Crippen LogP contribution is -1.75. The van der Waals surface area contributed by atoms with Crippen LogP contribution in [-0.2, 0) is 0 Å². The van der Waals surface area contributed by atoms with Crippen molar-refractivity contribution in [2.45, 2.75) is 0 Å². The fourth-order valence-electron chi connectivity index (χ4n) is 0.956. The van der Waals surface area contributed by atoms with Crippen LogP contribution in [0.15, 0.2) is 24.5 Å². The highest BCUT2D eigenvalue weighted by atomic mass is 127. The van der Waals surface area contributed by atoms with Crippen molar-refractivity contribution in [1.82, 2.24) is 8.58 Å². The molecule has 0 atom stereocenters. The summed E-state index contributed by atoms with van der Waals surface area (Å²) >= 11 is 5.62. The lowest BCUT2D eigenvalue weighted by Gasteiger charge is -1.91. The average molecular weight is 323 g/mol. The van der Waals surface area contributed by atoms with Crippen LogP contribution < -0.4 is 0 Å². The molecule has 0 aliphatic carbocycles. The van der Waals surface area contributed by atoms with Crippen LogP contribution in [0, 0.1) is 3.57 Å². The van der Waals surface area contributed by atoms with E-state index in [1.165, 1.54) is 3.57 Å². The first-order valence-corrected chi connectivity index (χ1v) is 4.85. The van der Waals surface area contributed by atoms with E-state index in [9.17, 15) is 0 Å². The molecule has 1 aromatic carbocycles. The molecule has 0 aliphatic rings. The normalized spacial score (nSPS) is 10.7. The summed E-state index contributed by atoms with van der Waals surface area (Å²) in [4.78, 5) is 4.19. The van der Waals surface area contributed by atoms with Crippen LogP contribution in [0.5, 0.6) is 0 Å². The van der Waals surface area contributed by atoms with Crippen LogP contribution in [0.25, 0.3) is 11.0 Å². The summed E-state index contributed by atoms with van der Waals surface area (Å²) in [5.41, 5.74) is 2.12. The van der Waals surface area contributed by atoms with E-state index in [1.807, 2.05) is 15.7 Å². The monoisotopic (exact) mass is 322 g/mol. The third kappa shape index (κ3) is 1.29. The van der Waals surface area contributed by atoms with Crippen LogP contribution in [0.2, 0.25) is 0 Å². The molecule has 2 rings (SSSR count). The van der Waals surface area contributed by atoms with Gasteiger partial charge in [0.15, 0.2) is 0 Å². The minimum atomic E-state index is 1.02. The van der Waals surface area contributed by atoms with E-state index in [1.54, 1.807) is 6.33 Å². The van der Waals surface area contributed by atoms with Gasteiger partial charge in [-0.1, -0.05) is 0 Å². The van der Waals surface area contributed by atoms with Crippen LogP contribution in [-0.4, -0.2) is 8.58 Å². The zero-order valence-electron chi connectivity index (χ0n) is 5.46. The van der Waals surface area contributed by atoms with Gasteiger partial charge in [0.05, 0.1) is 27.2 Å². The molecule has 2 aromatic rings. The van der Waals surface area contributed by atoms with Gasteiger partial charge in [0.25, 0.3) is 0 Å². The van der Waals surface area contributed by atoms with Gasteiger partial charge in [-0.25, -0.2) is 4.98 Å². The first-order chi connectivity index (χ1) is 5.27. The first-order valence-electron chi connectivity index (χ1n) is 3.06. The van der Waals surface area contributed by atoms with Crippen molar-refractivity contribution in [3.05, 3.63) is 28.1 Å². The van der Waals surface area contributed by atoms with Gasteiger partial charge in [0.1, 0.15) is 6.33 Å². The van der Waals surface area contributed by atoms with Crippen molar-refractivity contribution >= 4 is 49.8 Å². The Bertz CT molecular complexity index is 396. The highest BCUT2D eigenvalue weighted by Gasteiger charge is 1.98. The molecule has 0 unspecified atom stereocenters. The lowest BCUT2D eigenvalue weighted by atomic mass is 10.3. The van der Waals surface area contributed by atoms with E-state index in [0.717, 1.165) is 11.0 Å². The Labute approximate surface area is 86.1 Å². The van der Waals surface area contributed by atoms with Crippen molar-refractivity contribution in [3.63, 3.8) is 0 Å². The number of nitrogens with zero attached hydrogens (tertiary/aromatic N) is 2. The average Bonchev–Trinajstić information content (AvgIpc) is 2.32. The molecule has 1 heterocycles. The highest BCUT2D eigenvalue weighted by Crippen LogP contribution is 2.17. The minimum Gasteiger partial charge on any atom is -0.265 e. The van der Waals surface area contributed by atoms with E-state index in [4.69, 9.17) is 0 Å². The molecule has 0 spiro atoms. The number of fused-ring (bicyclic) bond motifs is 1. The maximum absolute atomic E-state index is 4.19. The SMILES string of the molecule is Brn1cnc2cc(I)ccc21. The molecule has 0 saturated carbocycles. The Hall–Kier alpha value is -0.100. The minimum absolute atomic E-state index is 1.02. The van der Waals surface area contributed by atoms with Gasteiger partial charge in [-0.15, -0.1) is 0 Å². The van der Waals surface area contributed by atoms with Crippen LogP contribution >= 0.6 is 38.7 Å². The zero-order valence-corrected chi connectivity index (χ0v) is 9.20. The number of hydrogen-bond acceptors (Lipinski definition) is 1. The number of hydrogen-bond donors (Lipinski definition) is 0. The molecule has 0 saturated heterocycles. The molecular weight excluding hydrogens is 319 g/mol. The molecule has 0 amide bonds. The second-order valence-corrected chi connectivity index (χ2v) is 4.20. The van der Waals surface area contributed by atoms with E-state index >= 15 is 0 Å². The number of aromatic nitrogens is 2. The Morgan fingerprint density at radius 1 is 1.45 bits per heavy atom. The summed E-state index contributed by atoms with van der Waals surface area (Å²) in [5.74, 6) is 0. The summed E-state index contributed by atoms with van der Waals surface area (Å²) < 4.78 is 3.04. The van der Waals surface area contributed by atoms with Crippen molar-refractivity contribution in [2.75, 3.05) is 0 Å². The predicted molar refractivity (Wildman–Crippen MR) is 56.8 cm³/mol. The Kier molecular flexibility index (Phi) is 1.88. The quantitative estimate of drug-likeness (QED) is 0.682. The van der Waals surface area contributed by atoms with Gasteiger partial charge in [0.2, 0.25) is 0 Å². The maximum atomic E-state index is 4.19. The van der Waals surface area contributed by atoms with Crippen LogP contribution in [0.4, 0.5) is 0 Å². The van der Waals surface area contributed by atoms with Crippen molar-refractivity contribution in [1.29, 1.82) is 0 Å². The molecule has 0 radical (unpaired) electrons. The standard InChI is InChI=1S/C7H4BrIN2/c8-11-4-10-6-3-5(9)1-2-7(6)11/h1-4H. The van der Waals surface area contributed by atoms with E-state index in [2.05, 4.69) is 49.8 Å². The smallest absolute Gasteiger partial charge is 0.106 e. The zero-order chi connectivity index (χ0) is 7.84. The van der Waals surface area contributed by atoms with Gasteiger partial charge >= 0.3 is 0 Å². The van der Waals surface area contributed by atoms with E-state index < -0.39 is 0 Å². The summed E-state index contributed by atoms with van der Waals surface area (Å²) in [5, 5.41) is 0. The van der Waals surface area contributed by atoms with Crippen molar-refractivity contribution < 1.29 is 0 Å². The first kappa shape index (κ1) is 7.54. The van der Waals surface area contributed by atoms with Gasteiger partial charge in [-0.2, -0.15) is 0 Å². The molecule has 0 bridgehead atoms. The second-order valence-electron chi connectivity index (χ2n) is 2.19. The molecule has 56 valence electrons. The number of rotatable bonds is 0. The number of imidazole rings is 1. The van der Waals surface area contributed by atoms with Gasteiger partial charge in [-0.3, -0.25) is 3.59 Å². The molecule has 0 fully saturated rings. The fraction of sp³-hybridized carbons (Fsp3) is 0. The topological polar surface area (TPSA) is 17.8 Å². The van der Waals surface area contributed by atoms with E-state index in [-0.39, 0.29) is 0 Å². The van der Waals surface area contributed by atoms with Crippen molar-refractivity contribution in [2.24, 2.45) is 0 Å². The van der Waals surface area contributed by atoms with Gasteiger partial charge in [-0.05, 0) is 40.8 Å². The highest BCUT2D eigenvalue weighted by molar-refractivity contribution is 14.1. The third-order valence-electron chi connectivity index (χ3n) is 1.47. The molecule has 11 heavy (non-hydrogen) atoms. The Balaban J connectivity index is 2.86. The Morgan fingerprint density at radius 3 is 3.09 bits per heavy atom. The van der Waals surface area contributed by atoms with E-state index in [0.29, 0.717) is 0 Å². The molecule has 0 aliphatic heterocycles. The fourth-order valence-corrected chi connectivity index (χ4v) is 1.82. The third-order valence-corrected chi connectivity index (χ3v) is 2.70. The number of benzene rings is 1.